The molecule has 2 heterocycles. The zero-order valence-electron chi connectivity index (χ0n) is 16.1. The van der Waals surface area contributed by atoms with E-state index in [1.54, 1.807) is 0 Å². The summed E-state index contributed by atoms with van der Waals surface area (Å²) in [6.07, 6.45) is 8.62. The third kappa shape index (κ3) is 3.98. The van der Waals surface area contributed by atoms with Gasteiger partial charge in [0, 0.05) is 31.0 Å². The van der Waals surface area contributed by atoms with E-state index in [1.165, 1.54) is 43.4 Å². The highest BCUT2D eigenvalue weighted by atomic mass is 32.1. The van der Waals surface area contributed by atoms with Crippen LogP contribution in [0.25, 0.3) is 0 Å². The van der Waals surface area contributed by atoms with Crippen LogP contribution in [0.5, 0.6) is 5.75 Å². The lowest BCUT2D eigenvalue weighted by molar-refractivity contribution is 0.278. The molecule has 0 spiro atoms. The van der Waals surface area contributed by atoms with Crippen LogP contribution in [0, 0.1) is 0 Å². The summed E-state index contributed by atoms with van der Waals surface area (Å²) in [5.74, 6) is 0.918. The smallest absolute Gasteiger partial charge is 0.170 e. The van der Waals surface area contributed by atoms with Gasteiger partial charge in [-0.2, -0.15) is 0 Å². The molecule has 0 unspecified atom stereocenters. The number of hydrogen-bond acceptors (Lipinski definition) is 2. The lowest BCUT2D eigenvalue weighted by Crippen LogP contribution is -2.50. The summed E-state index contributed by atoms with van der Waals surface area (Å²) in [4.78, 5) is 2.37. The van der Waals surface area contributed by atoms with E-state index in [-0.39, 0.29) is 6.04 Å². The Balaban J connectivity index is 1.58. The molecule has 4 nitrogen and oxygen atoms in total. The molecule has 2 aromatic rings. The van der Waals surface area contributed by atoms with Crippen LogP contribution < -0.4 is 10.1 Å². The summed E-state index contributed by atoms with van der Waals surface area (Å²) < 4.78 is 7.97. The Morgan fingerprint density at radius 3 is 2.63 bits per heavy atom. The number of nitrogens with one attached hydrogen (secondary N) is 1. The van der Waals surface area contributed by atoms with E-state index in [0.29, 0.717) is 12.6 Å². The Morgan fingerprint density at radius 2 is 1.89 bits per heavy atom. The first-order valence-electron chi connectivity index (χ1n) is 10.2. The fourth-order valence-corrected chi connectivity index (χ4v) is 4.73. The van der Waals surface area contributed by atoms with Gasteiger partial charge in [-0.05, 0) is 61.8 Å². The van der Waals surface area contributed by atoms with E-state index < -0.39 is 0 Å². The molecule has 5 heteroatoms. The summed E-state index contributed by atoms with van der Waals surface area (Å²) in [5, 5.41) is 4.56. The van der Waals surface area contributed by atoms with Crippen molar-refractivity contribution in [3.05, 3.63) is 53.9 Å². The molecule has 1 aliphatic heterocycles. The number of hydrogen-bond donors (Lipinski definition) is 1. The molecule has 0 amide bonds. The summed E-state index contributed by atoms with van der Waals surface area (Å²) in [7, 11) is 0. The summed E-state index contributed by atoms with van der Waals surface area (Å²) in [5.41, 5.74) is 2.56. The topological polar surface area (TPSA) is 29.4 Å². The van der Waals surface area contributed by atoms with E-state index in [0.717, 1.165) is 24.0 Å². The van der Waals surface area contributed by atoms with Crippen LogP contribution in [0.2, 0.25) is 0 Å². The Hall–Kier alpha value is -2.01. The molecule has 1 aromatic carbocycles. The predicted octanol–water partition coefficient (Wildman–Crippen LogP) is 4.50. The largest absolute Gasteiger partial charge is 0.494 e. The van der Waals surface area contributed by atoms with Gasteiger partial charge in [0.25, 0.3) is 0 Å². The van der Waals surface area contributed by atoms with Gasteiger partial charge in [-0.15, -0.1) is 0 Å². The van der Waals surface area contributed by atoms with Gasteiger partial charge in [0.2, 0.25) is 0 Å². The van der Waals surface area contributed by atoms with Gasteiger partial charge in [-0.3, -0.25) is 0 Å². The predicted molar refractivity (Wildman–Crippen MR) is 113 cm³/mol. The average molecular weight is 384 g/mol. The van der Waals surface area contributed by atoms with Gasteiger partial charge < -0.3 is 19.5 Å². The van der Waals surface area contributed by atoms with Crippen molar-refractivity contribution in [2.75, 3.05) is 13.2 Å². The zero-order chi connectivity index (χ0) is 18.6. The van der Waals surface area contributed by atoms with Gasteiger partial charge in [-0.1, -0.05) is 31.4 Å². The monoisotopic (exact) mass is 383 g/mol. The zero-order valence-corrected chi connectivity index (χ0v) is 16.9. The molecular formula is C22H29N3OS. The molecule has 0 radical (unpaired) electrons. The number of nitrogens with zero attached hydrogens (tertiary/aromatic N) is 2. The highest BCUT2D eigenvalue weighted by Crippen LogP contribution is 2.33. The minimum absolute atomic E-state index is 0.146. The quantitative estimate of drug-likeness (QED) is 0.787. The summed E-state index contributed by atoms with van der Waals surface area (Å²) in [6, 6.07) is 13.5. The fraction of sp³-hybridized carbons (Fsp3) is 0.500. The maximum Gasteiger partial charge on any atom is 0.170 e. The number of ether oxygens (including phenoxy) is 1. The normalized spacial score (nSPS) is 20.2. The molecule has 0 bridgehead atoms. The van der Waals surface area contributed by atoms with Crippen LogP contribution in [-0.4, -0.2) is 33.8 Å². The van der Waals surface area contributed by atoms with Gasteiger partial charge in [0.1, 0.15) is 5.75 Å². The minimum atomic E-state index is 0.146. The second-order valence-corrected chi connectivity index (χ2v) is 7.90. The molecule has 2 aliphatic rings. The Morgan fingerprint density at radius 1 is 1.11 bits per heavy atom. The molecule has 1 fully saturated rings. The van der Waals surface area contributed by atoms with Gasteiger partial charge >= 0.3 is 0 Å². The van der Waals surface area contributed by atoms with Crippen LogP contribution in [0.3, 0.4) is 0 Å². The lowest BCUT2D eigenvalue weighted by Gasteiger charge is -2.40. The van der Waals surface area contributed by atoms with Crippen molar-refractivity contribution in [1.29, 1.82) is 0 Å². The van der Waals surface area contributed by atoms with Gasteiger partial charge in [0.05, 0.1) is 12.6 Å². The number of thiocarbonyl (C=S) groups is 1. The minimum Gasteiger partial charge on any atom is -0.494 e. The van der Waals surface area contributed by atoms with E-state index in [4.69, 9.17) is 17.0 Å². The summed E-state index contributed by atoms with van der Waals surface area (Å²) >= 11 is 5.88. The fourth-order valence-electron chi connectivity index (χ4n) is 4.37. The molecule has 1 aromatic heterocycles. The molecule has 1 N–H and O–H groups in total. The highest BCUT2D eigenvalue weighted by Gasteiger charge is 2.31. The van der Waals surface area contributed by atoms with Crippen molar-refractivity contribution in [3.63, 3.8) is 0 Å². The lowest BCUT2D eigenvalue weighted by atomic mass is 9.95. The van der Waals surface area contributed by atoms with Crippen molar-refractivity contribution >= 4 is 17.3 Å². The number of aromatic nitrogens is 1. The van der Waals surface area contributed by atoms with E-state index in [1.807, 2.05) is 6.92 Å². The second-order valence-electron chi connectivity index (χ2n) is 7.51. The van der Waals surface area contributed by atoms with Crippen LogP contribution >= 0.6 is 12.2 Å². The third-order valence-electron chi connectivity index (χ3n) is 5.74. The van der Waals surface area contributed by atoms with E-state index >= 15 is 0 Å². The van der Waals surface area contributed by atoms with Gasteiger partial charge in [0.15, 0.2) is 5.11 Å². The van der Waals surface area contributed by atoms with Crippen LogP contribution in [-0.2, 0) is 6.54 Å². The first-order valence-corrected chi connectivity index (χ1v) is 10.6. The van der Waals surface area contributed by atoms with Crippen molar-refractivity contribution in [2.24, 2.45) is 0 Å². The third-order valence-corrected chi connectivity index (χ3v) is 6.09. The maximum absolute atomic E-state index is 5.88. The molecule has 1 atom stereocenters. The summed E-state index contributed by atoms with van der Waals surface area (Å²) in [6.45, 7) is 4.60. The molecule has 1 aliphatic carbocycles. The van der Waals surface area contributed by atoms with Crippen LogP contribution in [0.1, 0.15) is 56.3 Å². The van der Waals surface area contributed by atoms with Crippen molar-refractivity contribution < 1.29 is 4.74 Å². The Kier molecular flexibility index (Phi) is 5.67. The standard InChI is InChI=1S/C22H29N3OS/c1-2-26-19-12-10-17(11-13-19)21-20-9-6-14-24(20)15-16-25(21)22(27)23-18-7-4-3-5-8-18/h6,9-14,18,21H,2-5,7-8,15-16H2,1H3,(H,23,27)/t21-/m0/s1. The van der Waals surface area contributed by atoms with Crippen molar-refractivity contribution in [1.82, 2.24) is 14.8 Å². The number of fused-ring (bicyclic) bond motifs is 1. The van der Waals surface area contributed by atoms with Crippen molar-refractivity contribution in [2.45, 2.75) is 57.7 Å². The SMILES string of the molecule is CCOc1ccc([C@H]2c3cccn3CCN2C(=S)NC2CCCCC2)cc1. The Bertz CT molecular complexity index is 764. The van der Waals surface area contributed by atoms with Crippen LogP contribution in [0.4, 0.5) is 0 Å². The molecule has 4 rings (SSSR count). The molecule has 1 saturated carbocycles. The average Bonchev–Trinajstić information content (AvgIpc) is 3.18. The van der Waals surface area contributed by atoms with Crippen molar-refractivity contribution in [3.8, 4) is 5.75 Å². The molecule has 27 heavy (non-hydrogen) atoms. The second kappa shape index (κ2) is 8.34. The van der Waals surface area contributed by atoms with E-state index in [9.17, 15) is 0 Å². The van der Waals surface area contributed by atoms with E-state index in [2.05, 4.69) is 57.4 Å². The van der Waals surface area contributed by atoms with Crippen LogP contribution in [0.15, 0.2) is 42.6 Å². The molecule has 0 saturated heterocycles. The number of rotatable bonds is 4. The molecular weight excluding hydrogens is 354 g/mol. The first kappa shape index (κ1) is 18.4. The number of benzene rings is 1. The maximum atomic E-state index is 5.88. The first-order chi connectivity index (χ1) is 13.3. The highest BCUT2D eigenvalue weighted by molar-refractivity contribution is 7.80. The Labute approximate surface area is 167 Å². The molecule has 144 valence electrons. The van der Waals surface area contributed by atoms with Gasteiger partial charge in [-0.25, -0.2) is 0 Å².